The van der Waals surface area contributed by atoms with Gasteiger partial charge < -0.3 is 4.90 Å². The van der Waals surface area contributed by atoms with Crippen LogP contribution in [0.5, 0.6) is 0 Å². The van der Waals surface area contributed by atoms with Crippen LogP contribution >= 0.6 is 11.6 Å². The van der Waals surface area contributed by atoms with E-state index in [2.05, 4.69) is 4.98 Å². The normalized spacial score (nSPS) is 20.2. The third-order valence-corrected chi connectivity index (χ3v) is 3.14. The van der Waals surface area contributed by atoms with Crippen molar-refractivity contribution >= 4 is 17.5 Å². The van der Waals surface area contributed by atoms with E-state index in [1.807, 2.05) is 6.92 Å². The molecule has 16 heavy (non-hydrogen) atoms. The van der Waals surface area contributed by atoms with E-state index >= 15 is 0 Å². The molecule has 1 aliphatic rings. The van der Waals surface area contributed by atoms with Gasteiger partial charge in [0.1, 0.15) is 0 Å². The number of hydrogen-bond donors (Lipinski definition) is 0. The summed E-state index contributed by atoms with van der Waals surface area (Å²) in [6.07, 6.45) is 3.31. The Bertz CT molecular complexity index is 424. The van der Waals surface area contributed by atoms with E-state index < -0.39 is 5.82 Å². The van der Waals surface area contributed by atoms with Gasteiger partial charge in [-0.1, -0.05) is 11.6 Å². The van der Waals surface area contributed by atoms with Gasteiger partial charge in [0, 0.05) is 18.8 Å². The molecule has 0 aromatic carbocycles. The average Bonchev–Trinajstić information content (AvgIpc) is 2.67. The molecule has 1 atom stereocenters. The SMILES string of the molecule is CC1CCCN1C(=O)c1cnc(Cl)c(F)c1. The van der Waals surface area contributed by atoms with Gasteiger partial charge in [-0.15, -0.1) is 0 Å². The van der Waals surface area contributed by atoms with Gasteiger partial charge in [0.05, 0.1) is 5.56 Å². The second kappa shape index (κ2) is 4.37. The summed E-state index contributed by atoms with van der Waals surface area (Å²) in [7, 11) is 0. The number of carbonyl (C=O) groups excluding carboxylic acids is 1. The highest BCUT2D eigenvalue weighted by Crippen LogP contribution is 2.20. The molecule has 0 radical (unpaired) electrons. The Morgan fingerprint density at radius 3 is 3.00 bits per heavy atom. The van der Waals surface area contributed by atoms with Crippen LogP contribution in [0.25, 0.3) is 0 Å². The summed E-state index contributed by atoms with van der Waals surface area (Å²) in [4.78, 5) is 17.4. The van der Waals surface area contributed by atoms with E-state index in [1.54, 1.807) is 4.90 Å². The summed E-state index contributed by atoms with van der Waals surface area (Å²) in [5.41, 5.74) is 0.260. The van der Waals surface area contributed by atoms with E-state index in [0.29, 0.717) is 0 Å². The number of amides is 1. The molecule has 1 aliphatic heterocycles. The first-order chi connectivity index (χ1) is 7.59. The molecular weight excluding hydrogens is 231 g/mol. The van der Waals surface area contributed by atoms with Gasteiger partial charge in [-0.05, 0) is 25.8 Å². The zero-order valence-corrected chi connectivity index (χ0v) is 9.67. The minimum atomic E-state index is -0.653. The molecule has 3 nitrogen and oxygen atoms in total. The fourth-order valence-corrected chi connectivity index (χ4v) is 2.04. The summed E-state index contributed by atoms with van der Waals surface area (Å²) in [6.45, 7) is 2.72. The predicted molar refractivity (Wildman–Crippen MR) is 58.9 cm³/mol. The Hall–Kier alpha value is -1.16. The molecule has 1 saturated heterocycles. The molecule has 5 heteroatoms. The molecule has 0 spiro atoms. The minimum absolute atomic E-state index is 0.173. The third kappa shape index (κ3) is 2.02. The molecule has 1 unspecified atom stereocenters. The highest BCUT2D eigenvalue weighted by Gasteiger charge is 2.26. The Kier molecular flexibility index (Phi) is 3.10. The van der Waals surface area contributed by atoms with Gasteiger partial charge >= 0.3 is 0 Å². The fourth-order valence-electron chi connectivity index (χ4n) is 1.94. The lowest BCUT2D eigenvalue weighted by atomic mass is 10.2. The summed E-state index contributed by atoms with van der Waals surface area (Å²) in [5.74, 6) is -0.826. The van der Waals surface area contributed by atoms with E-state index in [1.165, 1.54) is 6.20 Å². The van der Waals surface area contributed by atoms with E-state index in [4.69, 9.17) is 11.6 Å². The Balaban J connectivity index is 2.23. The highest BCUT2D eigenvalue weighted by molar-refractivity contribution is 6.29. The number of nitrogens with zero attached hydrogens (tertiary/aromatic N) is 2. The molecule has 1 fully saturated rings. The van der Waals surface area contributed by atoms with Gasteiger partial charge in [0.25, 0.3) is 5.91 Å². The van der Waals surface area contributed by atoms with Crippen molar-refractivity contribution in [3.8, 4) is 0 Å². The zero-order valence-electron chi connectivity index (χ0n) is 8.91. The number of pyridine rings is 1. The van der Waals surface area contributed by atoms with E-state index in [9.17, 15) is 9.18 Å². The molecule has 0 aliphatic carbocycles. The standard InChI is InChI=1S/C11H12ClFN2O/c1-7-3-2-4-15(7)11(16)8-5-9(13)10(12)14-6-8/h5-7H,2-4H2,1H3. The monoisotopic (exact) mass is 242 g/mol. The van der Waals surface area contributed by atoms with Crippen LogP contribution < -0.4 is 0 Å². The topological polar surface area (TPSA) is 33.2 Å². The largest absolute Gasteiger partial charge is 0.336 e. The number of rotatable bonds is 1. The third-order valence-electron chi connectivity index (χ3n) is 2.86. The van der Waals surface area contributed by atoms with Crippen molar-refractivity contribution in [2.75, 3.05) is 6.54 Å². The van der Waals surface area contributed by atoms with Crippen LogP contribution in [0.3, 0.4) is 0 Å². The van der Waals surface area contributed by atoms with Gasteiger partial charge in [-0.3, -0.25) is 4.79 Å². The van der Waals surface area contributed by atoms with Gasteiger partial charge in [0.2, 0.25) is 0 Å². The van der Waals surface area contributed by atoms with Crippen molar-refractivity contribution in [1.82, 2.24) is 9.88 Å². The summed E-state index contributed by atoms with van der Waals surface area (Å²) in [5, 5.41) is -0.203. The molecule has 2 rings (SSSR count). The number of halogens is 2. The Morgan fingerprint density at radius 1 is 1.69 bits per heavy atom. The van der Waals surface area contributed by atoms with Crippen LogP contribution in [0.15, 0.2) is 12.3 Å². The first-order valence-corrected chi connectivity index (χ1v) is 5.59. The average molecular weight is 243 g/mol. The zero-order chi connectivity index (χ0) is 11.7. The molecule has 0 saturated carbocycles. The van der Waals surface area contributed by atoms with Crippen molar-refractivity contribution in [1.29, 1.82) is 0 Å². The van der Waals surface area contributed by atoms with Gasteiger partial charge in [-0.25, -0.2) is 9.37 Å². The lowest BCUT2D eigenvalue weighted by Crippen LogP contribution is -2.33. The van der Waals surface area contributed by atoms with Crippen LogP contribution in [0, 0.1) is 5.82 Å². The molecule has 0 bridgehead atoms. The van der Waals surface area contributed by atoms with Crippen molar-refractivity contribution < 1.29 is 9.18 Å². The van der Waals surface area contributed by atoms with Crippen molar-refractivity contribution in [3.05, 3.63) is 28.8 Å². The van der Waals surface area contributed by atoms with Crippen molar-refractivity contribution in [2.24, 2.45) is 0 Å². The molecule has 86 valence electrons. The van der Waals surface area contributed by atoms with Gasteiger partial charge in [-0.2, -0.15) is 0 Å². The quantitative estimate of drug-likeness (QED) is 0.709. The van der Waals surface area contributed by atoms with Crippen LogP contribution in [0.2, 0.25) is 5.15 Å². The Labute approximate surface area is 98.2 Å². The van der Waals surface area contributed by atoms with E-state index in [0.717, 1.165) is 25.5 Å². The first kappa shape index (κ1) is 11.3. The summed E-state index contributed by atoms with van der Waals surface area (Å²) >= 11 is 5.46. The second-order valence-corrected chi connectivity index (χ2v) is 4.34. The first-order valence-electron chi connectivity index (χ1n) is 5.21. The van der Waals surface area contributed by atoms with E-state index in [-0.39, 0.29) is 22.7 Å². The highest BCUT2D eigenvalue weighted by atomic mass is 35.5. The lowest BCUT2D eigenvalue weighted by Gasteiger charge is -2.21. The Morgan fingerprint density at radius 2 is 2.44 bits per heavy atom. The molecule has 1 aromatic rings. The molecule has 0 N–H and O–H groups in total. The lowest BCUT2D eigenvalue weighted by molar-refractivity contribution is 0.0746. The van der Waals surface area contributed by atoms with Crippen LogP contribution in [-0.2, 0) is 0 Å². The maximum atomic E-state index is 13.2. The molecule has 2 heterocycles. The fraction of sp³-hybridized carbons (Fsp3) is 0.455. The maximum absolute atomic E-state index is 13.2. The van der Waals surface area contributed by atoms with Crippen molar-refractivity contribution in [3.63, 3.8) is 0 Å². The van der Waals surface area contributed by atoms with Gasteiger partial charge in [0.15, 0.2) is 11.0 Å². The molecular formula is C11H12ClFN2O. The number of hydrogen-bond acceptors (Lipinski definition) is 2. The van der Waals surface area contributed by atoms with Crippen LogP contribution in [0.4, 0.5) is 4.39 Å². The smallest absolute Gasteiger partial charge is 0.255 e. The molecule has 1 amide bonds. The number of likely N-dealkylation sites (tertiary alicyclic amines) is 1. The predicted octanol–water partition coefficient (Wildman–Crippen LogP) is 2.50. The number of carbonyl (C=O) groups is 1. The summed E-state index contributed by atoms with van der Waals surface area (Å²) in [6, 6.07) is 1.36. The second-order valence-electron chi connectivity index (χ2n) is 3.99. The minimum Gasteiger partial charge on any atom is -0.336 e. The maximum Gasteiger partial charge on any atom is 0.255 e. The number of aromatic nitrogens is 1. The van der Waals surface area contributed by atoms with Crippen molar-refractivity contribution in [2.45, 2.75) is 25.8 Å². The van der Waals surface area contributed by atoms with Crippen LogP contribution in [-0.4, -0.2) is 28.4 Å². The van der Waals surface area contributed by atoms with Crippen LogP contribution in [0.1, 0.15) is 30.1 Å². The molecule has 1 aromatic heterocycles. The summed E-state index contributed by atoms with van der Waals surface area (Å²) < 4.78 is 13.2.